The van der Waals surface area contributed by atoms with Crippen molar-refractivity contribution >= 4 is 5.91 Å². The van der Waals surface area contributed by atoms with Gasteiger partial charge in [0.1, 0.15) is 6.10 Å². The number of hydrogen-bond acceptors (Lipinski definition) is 4. The van der Waals surface area contributed by atoms with Gasteiger partial charge in [0.2, 0.25) is 5.91 Å². The second-order valence-corrected chi connectivity index (χ2v) is 6.29. The van der Waals surface area contributed by atoms with E-state index in [1.165, 1.54) is 18.3 Å². The van der Waals surface area contributed by atoms with Crippen LogP contribution < -0.4 is 10.6 Å². The molecule has 0 radical (unpaired) electrons. The summed E-state index contributed by atoms with van der Waals surface area (Å²) in [6, 6.07) is 5.82. The molecule has 1 aliphatic rings. The van der Waals surface area contributed by atoms with Crippen molar-refractivity contribution in [1.29, 1.82) is 0 Å². The number of carbonyl (C=O) groups is 1. The molecule has 0 spiro atoms. The largest absolute Gasteiger partial charge is 0.416 e. The Labute approximate surface area is 148 Å². The third kappa shape index (κ3) is 4.03. The summed E-state index contributed by atoms with van der Waals surface area (Å²) in [5.74, 6) is -0.0880. The van der Waals surface area contributed by atoms with Crippen molar-refractivity contribution in [2.24, 2.45) is 0 Å². The van der Waals surface area contributed by atoms with Crippen molar-refractivity contribution in [3.8, 4) is 0 Å². The van der Waals surface area contributed by atoms with Crippen LogP contribution in [-0.4, -0.2) is 22.2 Å². The Hall–Kier alpha value is -2.45. The smallest absolute Gasteiger partial charge is 0.384 e. The van der Waals surface area contributed by atoms with Crippen LogP contribution in [0.5, 0.6) is 0 Å². The lowest BCUT2D eigenvalue weighted by Crippen LogP contribution is -2.51. The number of rotatable bonds is 3. The van der Waals surface area contributed by atoms with Crippen molar-refractivity contribution in [1.82, 2.24) is 15.6 Å². The molecule has 1 fully saturated rings. The second kappa shape index (κ2) is 7.05. The standard InChI is InChI=1S/C18H18F3N3O2/c1-10-23-15(7-16(25)24-10)12-6-13(9-22-8-12)17(26)11-2-4-14(5-3-11)18(19,20)21/h2-6,8-10,15,17,23,26H,7H2,1H3,(H,24,25). The lowest BCUT2D eigenvalue weighted by Gasteiger charge is -2.29. The number of aliphatic hydroxyl groups excluding tert-OH is 1. The van der Waals surface area contributed by atoms with Crippen LogP contribution in [0.1, 0.15) is 47.7 Å². The van der Waals surface area contributed by atoms with Crippen LogP contribution in [-0.2, 0) is 11.0 Å². The summed E-state index contributed by atoms with van der Waals surface area (Å²) < 4.78 is 38.0. The molecule has 1 saturated heterocycles. The first-order valence-corrected chi connectivity index (χ1v) is 8.09. The minimum Gasteiger partial charge on any atom is -0.384 e. The topological polar surface area (TPSA) is 74.2 Å². The number of aliphatic hydroxyl groups is 1. The molecular weight excluding hydrogens is 347 g/mol. The number of hydrogen-bond donors (Lipinski definition) is 3. The van der Waals surface area contributed by atoms with Crippen LogP contribution in [0.25, 0.3) is 0 Å². The number of pyridine rings is 1. The van der Waals surface area contributed by atoms with E-state index in [4.69, 9.17) is 0 Å². The van der Waals surface area contributed by atoms with Crippen LogP contribution in [0.4, 0.5) is 13.2 Å². The van der Waals surface area contributed by atoms with Gasteiger partial charge in [-0.15, -0.1) is 0 Å². The summed E-state index contributed by atoms with van der Waals surface area (Å²) in [4.78, 5) is 15.8. The van der Waals surface area contributed by atoms with Crippen LogP contribution in [0, 0.1) is 0 Å². The Kier molecular flexibility index (Phi) is 4.97. The van der Waals surface area contributed by atoms with E-state index >= 15 is 0 Å². The minimum absolute atomic E-state index is 0.0880. The molecule has 3 N–H and O–H groups in total. The third-order valence-electron chi connectivity index (χ3n) is 4.27. The van der Waals surface area contributed by atoms with Crippen molar-refractivity contribution in [2.45, 2.75) is 37.8 Å². The zero-order chi connectivity index (χ0) is 18.9. The fourth-order valence-electron chi connectivity index (χ4n) is 2.97. The van der Waals surface area contributed by atoms with Crippen molar-refractivity contribution < 1.29 is 23.1 Å². The number of amides is 1. The molecule has 3 unspecified atom stereocenters. The first-order chi connectivity index (χ1) is 12.2. The Balaban J connectivity index is 1.82. The fourth-order valence-corrected chi connectivity index (χ4v) is 2.97. The average molecular weight is 365 g/mol. The van der Waals surface area contributed by atoms with Crippen LogP contribution in [0.3, 0.4) is 0 Å². The molecule has 1 aliphatic heterocycles. The van der Waals surface area contributed by atoms with Gasteiger partial charge in [-0.05, 0) is 36.2 Å². The molecule has 5 nitrogen and oxygen atoms in total. The maximum absolute atomic E-state index is 12.7. The van der Waals surface area contributed by atoms with Gasteiger partial charge < -0.3 is 10.4 Å². The lowest BCUT2D eigenvalue weighted by atomic mass is 9.97. The molecule has 3 rings (SSSR count). The number of halogens is 3. The summed E-state index contributed by atoms with van der Waals surface area (Å²) in [6.45, 7) is 1.82. The average Bonchev–Trinajstić information content (AvgIpc) is 2.60. The van der Waals surface area contributed by atoms with Crippen molar-refractivity contribution in [2.75, 3.05) is 0 Å². The fraction of sp³-hybridized carbons (Fsp3) is 0.333. The van der Waals surface area contributed by atoms with E-state index in [9.17, 15) is 23.1 Å². The predicted molar refractivity (Wildman–Crippen MR) is 87.8 cm³/mol. The van der Waals surface area contributed by atoms with E-state index in [0.717, 1.165) is 17.7 Å². The first-order valence-electron chi connectivity index (χ1n) is 8.09. The molecule has 1 aromatic heterocycles. The summed E-state index contributed by atoms with van der Waals surface area (Å²) in [5, 5.41) is 16.5. The van der Waals surface area contributed by atoms with Gasteiger partial charge in [0.25, 0.3) is 0 Å². The summed E-state index contributed by atoms with van der Waals surface area (Å²) >= 11 is 0. The maximum atomic E-state index is 12.7. The van der Waals surface area contributed by atoms with E-state index in [1.54, 1.807) is 12.3 Å². The normalized spacial score (nSPS) is 22.0. The van der Waals surface area contributed by atoms with Crippen molar-refractivity contribution in [3.63, 3.8) is 0 Å². The predicted octanol–water partition coefficient (Wildman–Crippen LogP) is 2.68. The number of nitrogens with zero attached hydrogens (tertiary/aromatic N) is 1. The monoisotopic (exact) mass is 365 g/mol. The molecule has 138 valence electrons. The zero-order valence-corrected chi connectivity index (χ0v) is 13.9. The third-order valence-corrected chi connectivity index (χ3v) is 4.27. The molecule has 8 heteroatoms. The maximum Gasteiger partial charge on any atom is 0.416 e. The summed E-state index contributed by atoms with van der Waals surface area (Å²) in [5.41, 5.74) is 0.740. The molecular formula is C18H18F3N3O2. The van der Waals surface area contributed by atoms with Gasteiger partial charge in [-0.3, -0.25) is 15.1 Å². The van der Waals surface area contributed by atoms with Gasteiger partial charge in [-0.2, -0.15) is 13.2 Å². The number of alkyl halides is 3. The van der Waals surface area contributed by atoms with Gasteiger partial charge in [0, 0.05) is 30.4 Å². The van der Waals surface area contributed by atoms with Gasteiger partial charge in [0.05, 0.1) is 11.7 Å². The van der Waals surface area contributed by atoms with Crippen LogP contribution >= 0.6 is 0 Å². The van der Waals surface area contributed by atoms with E-state index in [2.05, 4.69) is 15.6 Å². The molecule has 26 heavy (non-hydrogen) atoms. The highest BCUT2D eigenvalue weighted by molar-refractivity contribution is 5.77. The van der Waals surface area contributed by atoms with Crippen molar-refractivity contribution in [3.05, 3.63) is 65.0 Å². The molecule has 2 aromatic rings. The molecule has 0 saturated carbocycles. The molecule has 0 aliphatic carbocycles. The highest BCUT2D eigenvalue weighted by atomic mass is 19.4. The Morgan fingerprint density at radius 1 is 1.19 bits per heavy atom. The Morgan fingerprint density at radius 3 is 2.50 bits per heavy atom. The Morgan fingerprint density at radius 2 is 1.88 bits per heavy atom. The van der Waals surface area contributed by atoms with Gasteiger partial charge >= 0.3 is 6.18 Å². The van der Waals surface area contributed by atoms with Crippen LogP contribution in [0.15, 0.2) is 42.7 Å². The molecule has 1 amide bonds. The minimum atomic E-state index is -4.42. The first kappa shape index (κ1) is 18.3. The van der Waals surface area contributed by atoms with E-state index in [0.29, 0.717) is 11.1 Å². The SMILES string of the molecule is CC1NC(=O)CC(c2cncc(C(O)c3ccc(C(F)(F)F)cc3)c2)N1. The quantitative estimate of drug-likeness (QED) is 0.782. The summed E-state index contributed by atoms with van der Waals surface area (Å²) in [7, 11) is 0. The van der Waals surface area contributed by atoms with Gasteiger partial charge in [-0.25, -0.2) is 0 Å². The summed E-state index contributed by atoms with van der Waals surface area (Å²) in [6.07, 6.45) is -2.42. The molecule has 3 atom stereocenters. The van der Waals surface area contributed by atoms with Gasteiger partial charge in [0.15, 0.2) is 0 Å². The van der Waals surface area contributed by atoms with Gasteiger partial charge in [-0.1, -0.05) is 12.1 Å². The molecule has 2 heterocycles. The molecule has 1 aromatic carbocycles. The van der Waals surface area contributed by atoms with E-state index in [-0.39, 0.29) is 24.5 Å². The highest BCUT2D eigenvalue weighted by Crippen LogP contribution is 2.31. The molecule has 0 bridgehead atoms. The lowest BCUT2D eigenvalue weighted by molar-refractivity contribution is -0.137. The number of aromatic nitrogens is 1. The number of benzene rings is 1. The van der Waals surface area contributed by atoms with Crippen LogP contribution in [0.2, 0.25) is 0 Å². The zero-order valence-electron chi connectivity index (χ0n) is 13.9. The van der Waals surface area contributed by atoms with E-state index < -0.39 is 17.8 Å². The Bertz CT molecular complexity index is 793. The number of nitrogens with one attached hydrogen (secondary N) is 2. The number of carbonyl (C=O) groups excluding carboxylic acids is 1. The highest BCUT2D eigenvalue weighted by Gasteiger charge is 2.30. The van der Waals surface area contributed by atoms with E-state index in [1.807, 2.05) is 6.92 Å². The second-order valence-electron chi connectivity index (χ2n) is 6.29.